The highest BCUT2D eigenvalue weighted by Crippen LogP contribution is 2.31. The Morgan fingerprint density at radius 3 is 2.70 bits per heavy atom. The van der Waals surface area contributed by atoms with Crippen LogP contribution in [0, 0.1) is 5.92 Å². The number of aryl methyl sites for hydroxylation is 1. The Hall–Kier alpha value is -2.14. The van der Waals surface area contributed by atoms with Gasteiger partial charge in [0.15, 0.2) is 0 Å². The van der Waals surface area contributed by atoms with Gasteiger partial charge in [0.1, 0.15) is 5.69 Å². The predicted octanol–water partition coefficient (Wildman–Crippen LogP) is 2.01. The molecule has 0 saturated heterocycles. The summed E-state index contributed by atoms with van der Waals surface area (Å²) >= 11 is 0. The fraction of sp³-hybridized carbons (Fsp3) is 0.444. The molecule has 1 aromatic carbocycles. The number of rotatable bonds is 6. The minimum Gasteiger partial charge on any atom is -0.393 e. The summed E-state index contributed by atoms with van der Waals surface area (Å²) in [5.74, 6) is 0.182. The van der Waals surface area contributed by atoms with Crippen LogP contribution in [0.3, 0.4) is 0 Å². The van der Waals surface area contributed by atoms with Crippen molar-refractivity contribution in [2.75, 3.05) is 0 Å². The van der Waals surface area contributed by atoms with Gasteiger partial charge in [-0.25, -0.2) is 0 Å². The Kier molecular flexibility index (Phi) is 4.76. The molecular weight excluding hydrogens is 290 g/mol. The van der Waals surface area contributed by atoms with E-state index in [1.807, 2.05) is 31.3 Å². The van der Waals surface area contributed by atoms with Crippen molar-refractivity contribution in [3.63, 3.8) is 0 Å². The lowest BCUT2D eigenvalue weighted by Gasteiger charge is -2.38. The molecule has 1 aliphatic rings. The number of hydrogen-bond acceptors (Lipinski definition) is 3. The van der Waals surface area contributed by atoms with Crippen LogP contribution in [0.15, 0.2) is 42.6 Å². The molecule has 1 aromatic heterocycles. The number of aliphatic hydroxyl groups is 1. The van der Waals surface area contributed by atoms with E-state index < -0.39 is 0 Å². The number of carbonyl (C=O) groups is 1. The summed E-state index contributed by atoms with van der Waals surface area (Å²) in [6.07, 6.45) is 3.86. The molecule has 1 heterocycles. The second-order valence-electron chi connectivity index (χ2n) is 6.21. The van der Waals surface area contributed by atoms with Gasteiger partial charge in [0, 0.05) is 18.8 Å². The van der Waals surface area contributed by atoms with E-state index in [1.165, 1.54) is 5.56 Å². The Labute approximate surface area is 136 Å². The summed E-state index contributed by atoms with van der Waals surface area (Å²) in [5.41, 5.74) is 1.64. The highest BCUT2D eigenvalue weighted by atomic mass is 16.3. The lowest BCUT2D eigenvalue weighted by molar-refractivity contribution is 0.0238. The Balaban J connectivity index is 1.69. The Bertz CT molecular complexity index is 647. The maximum atomic E-state index is 12.5. The molecule has 5 heteroatoms. The van der Waals surface area contributed by atoms with Crippen LogP contribution >= 0.6 is 0 Å². The summed E-state index contributed by atoms with van der Waals surface area (Å²) in [6, 6.07) is 11.9. The second kappa shape index (κ2) is 6.96. The molecule has 23 heavy (non-hydrogen) atoms. The maximum absolute atomic E-state index is 12.5. The monoisotopic (exact) mass is 313 g/mol. The average Bonchev–Trinajstić information content (AvgIpc) is 3.01. The minimum absolute atomic E-state index is 0.0278. The van der Waals surface area contributed by atoms with E-state index in [4.69, 9.17) is 0 Å². The molecule has 1 saturated carbocycles. The van der Waals surface area contributed by atoms with Gasteiger partial charge >= 0.3 is 0 Å². The third kappa shape index (κ3) is 3.79. The van der Waals surface area contributed by atoms with Gasteiger partial charge in [-0.05, 0) is 43.7 Å². The van der Waals surface area contributed by atoms with Gasteiger partial charge < -0.3 is 10.4 Å². The van der Waals surface area contributed by atoms with Crippen molar-refractivity contribution in [1.29, 1.82) is 0 Å². The number of nitrogens with zero attached hydrogens (tertiary/aromatic N) is 2. The highest BCUT2D eigenvalue weighted by Gasteiger charge is 2.35. The zero-order valence-electron chi connectivity index (χ0n) is 13.4. The molecular formula is C18H23N3O2. The number of nitrogens with one attached hydrogen (secondary N) is 1. The first-order chi connectivity index (χ1) is 11.2. The third-order valence-corrected chi connectivity index (χ3v) is 4.53. The van der Waals surface area contributed by atoms with Crippen molar-refractivity contribution >= 4 is 5.91 Å². The molecule has 2 aromatic rings. The molecule has 0 spiro atoms. The Morgan fingerprint density at radius 1 is 1.35 bits per heavy atom. The van der Waals surface area contributed by atoms with Crippen LogP contribution in [0.4, 0.5) is 0 Å². The summed E-state index contributed by atoms with van der Waals surface area (Å²) < 4.78 is 1.74. The van der Waals surface area contributed by atoms with Crippen molar-refractivity contribution in [2.45, 2.75) is 44.9 Å². The summed E-state index contributed by atoms with van der Waals surface area (Å²) in [5, 5.41) is 17.0. The third-order valence-electron chi connectivity index (χ3n) is 4.53. The molecule has 1 atom stereocenters. The van der Waals surface area contributed by atoms with Crippen molar-refractivity contribution in [3.05, 3.63) is 53.9 Å². The first-order valence-corrected chi connectivity index (χ1v) is 8.22. The van der Waals surface area contributed by atoms with Gasteiger partial charge in [-0.2, -0.15) is 5.10 Å². The van der Waals surface area contributed by atoms with Crippen LogP contribution in [-0.2, 0) is 13.0 Å². The fourth-order valence-electron chi connectivity index (χ4n) is 3.06. The number of carbonyl (C=O) groups excluding carboxylic acids is 1. The van der Waals surface area contributed by atoms with Gasteiger partial charge in [-0.1, -0.05) is 30.3 Å². The molecule has 0 bridgehead atoms. The summed E-state index contributed by atoms with van der Waals surface area (Å²) in [7, 11) is 0. The molecule has 0 aliphatic heterocycles. The van der Waals surface area contributed by atoms with Crippen molar-refractivity contribution in [3.8, 4) is 0 Å². The molecule has 122 valence electrons. The van der Waals surface area contributed by atoms with Gasteiger partial charge in [0.05, 0.1) is 6.10 Å². The van der Waals surface area contributed by atoms with Crippen LogP contribution < -0.4 is 5.32 Å². The molecule has 0 unspecified atom stereocenters. The predicted molar refractivity (Wildman–Crippen MR) is 88.0 cm³/mol. The van der Waals surface area contributed by atoms with Gasteiger partial charge in [-0.15, -0.1) is 0 Å². The van der Waals surface area contributed by atoms with Gasteiger partial charge in [-0.3, -0.25) is 9.48 Å². The van der Waals surface area contributed by atoms with E-state index in [2.05, 4.69) is 22.5 Å². The van der Waals surface area contributed by atoms with Gasteiger partial charge in [0.2, 0.25) is 0 Å². The molecule has 5 nitrogen and oxygen atoms in total. The average molecular weight is 313 g/mol. The van der Waals surface area contributed by atoms with Gasteiger partial charge in [0.25, 0.3) is 5.91 Å². The van der Waals surface area contributed by atoms with E-state index in [0.29, 0.717) is 11.6 Å². The number of aromatic nitrogens is 2. The van der Waals surface area contributed by atoms with Crippen LogP contribution in [0.25, 0.3) is 0 Å². The second-order valence-corrected chi connectivity index (χ2v) is 6.21. The molecule has 0 radical (unpaired) electrons. The lowest BCUT2D eigenvalue weighted by Crippen LogP contribution is -2.48. The number of amides is 1. The quantitative estimate of drug-likeness (QED) is 0.857. The van der Waals surface area contributed by atoms with E-state index in [0.717, 1.165) is 25.8 Å². The molecule has 1 aliphatic carbocycles. The fourth-order valence-corrected chi connectivity index (χ4v) is 3.06. The van der Waals surface area contributed by atoms with Crippen molar-refractivity contribution < 1.29 is 9.90 Å². The van der Waals surface area contributed by atoms with E-state index >= 15 is 0 Å². The standard InChI is InChI=1S/C18H23N3O2/c1-2-21-9-8-16(20-21)18(23)19-17(14-11-15(22)12-14)10-13-6-4-3-5-7-13/h3-9,14-15,17,22H,2,10-12H2,1H3,(H,19,23)/t14?,15?,17-/m0/s1. The largest absolute Gasteiger partial charge is 0.393 e. The van der Waals surface area contributed by atoms with Crippen LogP contribution in [0.2, 0.25) is 0 Å². The van der Waals surface area contributed by atoms with E-state index in [9.17, 15) is 9.90 Å². The summed E-state index contributed by atoms with van der Waals surface area (Å²) in [6.45, 7) is 2.73. The molecule has 1 amide bonds. The number of hydrogen-bond donors (Lipinski definition) is 2. The molecule has 3 rings (SSSR count). The van der Waals surface area contributed by atoms with E-state index in [-0.39, 0.29) is 18.1 Å². The lowest BCUT2D eigenvalue weighted by atomic mass is 9.75. The van der Waals surface area contributed by atoms with Crippen LogP contribution in [0.1, 0.15) is 35.8 Å². The normalized spacial score (nSPS) is 21.5. The van der Waals surface area contributed by atoms with Crippen molar-refractivity contribution in [2.24, 2.45) is 5.92 Å². The zero-order chi connectivity index (χ0) is 16.2. The topological polar surface area (TPSA) is 67.2 Å². The maximum Gasteiger partial charge on any atom is 0.272 e. The first kappa shape index (κ1) is 15.7. The first-order valence-electron chi connectivity index (χ1n) is 8.22. The molecule has 2 N–H and O–H groups in total. The SMILES string of the molecule is CCn1ccc(C(=O)N[C@@H](Cc2ccccc2)C2CC(O)C2)n1. The Morgan fingerprint density at radius 2 is 2.09 bits per heavy atom. The number of benzene rings is 1. The van der Waals surface area contributed by atoms with Crippen molar-refractivity contribution in [1.82, 2.24) is 15.1 Å². The van der Waals surface area contributed by atoms with Crippen LogP contribution in [-0.4, -0.2) is 32.9 Å². The van der Waals surface area contributed by atoms with Crippen LogP contribution in [0.5, 0.6) is 0 Å². The number of aliphatic hydroxyl groups excluding tert-OH is 1. The van der Waals surface area contributed by atoms with E-state index in [1.54, 1.807) is 10.7 Å². The molecule has 1 fully saturated rings. The minimum atomic E-state index is -0.227. The smallest absolute Gasteiger partial charge is 0.272 e. The summed E-state index contributed by atoms with van der Waals surface area (Å²) in [4.78, 5) is 12.5. The zero-order valence-corrected chi connectivity index (χ0v) is 13.4. The highest BCUT2D eigenvalue weighted by molar-refractivity contribution is 5.92.